The molecule has 1 aliphatic heterocycles. The second-order valence-electron chi connectivity index (χ2n) is 6.05. The highest BCUT2D eigenvalue weighted by Gasteiger charge is 2.34. The third kappa shape index (κ3) is 4.86. The van der Waals surface area contributed by atoms with Gasteiger partial charge in [-0.3, -0.25) is 9.69 Å². The summed E-state index contributed by atoms with van der Waals surface area (Å²) in [6.45, 7) is 3.92. The van der Waals surface area contributed by atoms with Crippen molar-refractivity contribution >= 4 is 69.2 Å². The number of urea groups is 1. The molecule has 1 N–H and O–H groups in total. The number of carbonyl (C=O) groups is 3. The molecule has 8 nitrogen and oxygen atoms in total. The summed E-state index contributed by atoms with van der Waals surface area (Å²) in [5.74, 6) is -0.108. The molecule has 1 fully saturated rings. The number of methoxy groups -OCH3 is 1. The van der Waals surface area contributed by atoms with E-state index in [-0.39, 0.29) is 23.8 Å². The van der Waals surface area contributed by atoms with E-state index in [0.29, 0.717) is 6.61 Å². The van der Waals surface area contributed by atoms with Gasteiger partial charge in [0.2, 0.25) is 5.76 Å². The first-order valence-corrected chi connectivity index (χ1v) is 10.7. The molecule has 1 aromatic carbocycles. The molecule has 2 aromatic rings. The van der Waals surface area contributed by atoms with Crippen LogP contribution in [0.15, 0.2) is 47.0 Å². The van der Waals surface area contributed by atoms with Crippen LogP contribution in [0.4, 0.5) is 4.79 Å². The lowest BCUT2D eigenvalue weighted by Gasteiger charge is -2.10. The average Bonchev–Trinajstić information content (AvgIpc) is 3.27. The molecule has 3 rings (SSSR count). The highest BCUT2D eigenvalue weighted by molar-refractivity contribution is 14.1. The number of esters is 1. The minimum Gasteiger partial charge on any atom is -0.487 e. The van der Waals surface area contributed by atoms with Crippen molar-refractivity contribution < 1.29 is 28.3 Å². The van der Waals surface area contributed by atoms with Gasteiger partial charge in [-0.1, -0.05) is 12.7 Å². The highest BCUT2D eigenvalue weighted by Crippen LogP contribution is 2.30. The van der Waals surface area contributed by atoms with Gasteiger partial charge in [0.1, 0.15) is 23.8 Å². The first-order chi connectivity index (χ1) is 14.3. The standard InChI is InChI=1S/C20H16I2N2O6/c1-3-6-29-17-13(21)7-11(8-14(17)22)9-15-18(25)24(20(27)23-15)10-12-4-5-16(30-12)19(26)28-2/h3-5,7-9H,1,6,10H2,2H3,(H,23,27)/b15-9-. The van der Waals surface area contributed by atoms with Crippen molar-refractivity contribution in [3.05, 3.63) is 66.8 Å². The summed E-state index contributed by atoms with van der Waals surface area (Å²) in [6, 6.07) is 6.08. The normalized spacial score (nSPS) is 14.8. The molecule has 156 valence electrons. The maximum absolute atomic E-state index is 12.7. The molecular formula is C20H16I2N2O6. The molecule has 1 aliphatic rings. The monoisotopic (exact) mass is 634 g/mol. The van der Waals surface area contributed by atoms with Gasteiger partial charge >= 0.3 is 12.0 Å². The maximum Gasteiger partial charge on any atom is 0.373 e. The van der Waals surface area contributed by atoms with Crippen LogP contribution in [-0.2, 0) is 16.1 Å². The Balaban J connectivity index is 1.78. The van der Waals surface area contributed by atoms with Gasteiger partial charge in [-0.05, 0) is 81.1 Å². The predicted octanol–water partition coefficient (Wildman–Crippen LogP) is 3.93. The summed E-state index contributed by atoms with van der Waals surface area (Å²) < 4.78 is 17.3. The van der Waals surface area contributed by atoms with Crippen LogP contribution in [-0.4, -0.2) is 36.5 Å². The lowest BCUT2D eigenvalue weighted by molar-refractivity contribution is -0.123. The Labute approximate surface area is 199 Å². The molecule has 0 spiro atoms. The van der Waals surface area contributed by atoms with Crippen LogP contribution in [0.3, 0.4) is 0 Å². The lowest BCUT2D eigenvalue weighted by atomic mass is 10.2. The van der Waals surface area contributed by atoms with E-state index in [2.05, 4.69) is 61.8 Å². The molecule has 10 heteroatoms. The van der Waals surface area contributed by atoms with E-state index in [1.165, 1.54) is 19.2 Å². The van der Waals surface area contributed by atoms with Crippen molar-refractivity contribution in [3.63, 3.8) is 0 Å². The molecule has 0 atom stereocenters. The van der Waals surface area contributed by atoms with Crippen molar-refractivity contribution in [1.82, 2.24) is 10.2 Å². The number of hydrogen-bond donors (Lipinski definition) is 1. The molecule has 0 radical (unpaired) electrons. The molecule has 0 saturated carbocycles. The Hall–Kier alpha value is -2.35. The minimum atomic E-state index is -0.635. The zero-order valence-electron chi connectivity index (χ0n) is 15.7. The number of halogens is 2. The number of rotatable bonds is 7. The van der Waals surface area contributed by atoms with E-state index in [9.17, 15) is 14.4 Å². The molecule has 1 aromatic heterocycles. The van der Waals surface area contributed by atoms with Crippen molar-refractivity contribution in [2.75, 3.05) is 13.7 Å². The van der Waals surface area contributed by atoms with Gasteiger partial charge < -0.3 is 19.2 Å². The first-order valence-electron chi connectivity index (χ1n) is 8.58. The molecule has 0 unspecified atom stereocenters. The van der Waals surface area contributed by atoms with Crippen LogP contribution in [0.5, 0.6) is 5.75 Å². The zero-order chi connectivity index (χ0) is 21.8. The first kappa shape index (κ1) is 22.3. The molecule has 3 amide bonds. The largest absolute Gasteiger partial charge is 0.487 e. The topological polar surface area (TPSA) is 98.1 Å². The Kier molecular flexibility index (Phi) is 7.18. The summed E-state index contributed by atoms with van der Waals surface area (Å²) in [5.41, 5.74) is 0.886. The van der Waals surface area contributed by atoms with E-state index in [1.54, 1.807) is 12.2 Å². The summed E-state index contributed by atoms with van der Waals surface area (Å²) in [7, 11) is 1.24. The number of hydrogen-bond acceptors (Lipinski definition) is 6. The van der Waals surface area contributed by atoms with Gasteiger partial charge in [0, 0.05) is 0 Å². The van der Waals surface area contributed by atoms with Gasteiger partial charge in [0.15, 0.2) is 0 Å². The van der Waals surface area contributed by atoms with Gasteiger partial charge in [-0.2, -0.15) is 0 Å². The lowest BCUT2D eigenvalue weighted by Crippen LogP contribution is -2.30. The summed E-state index contributed by atoms with van der Waals surface area (Å²) in [6.07, 6.45) is 3.26. The van der Waals surface area contributed by atoms with E-state index in [1.807, 2.05) is 12.1 Å². The number of nitrogens with one attached hydrogen (secondary N) is 1. The van der Waals surface area contributed by atoms with Crippen molar-refractivity contribution in [1.29, 1.82) is 0 Å². The number of nitrogens with zero attached hydrogens (tertiary/aromatic N) is 1. The van der Waals surface area contributed by atoms with Gasteiger partial charge in [-0.25, -0.2) is 9.59 Å². The Morgan fingerprint density at radius 1 is 1.27 bits per heavy atom. The summed E-state index contributed by atoms with van der Waals surface area (Å²) >= 11 is 4.30. The van der Waals surface area contributed by atoms with Crippen molar-refractivity contribution in [2.24, 2.45) is 0 Å². The second kappa shape index (κ2) is 9.64. The average molecular weight is 634 g/mol. The summed E-state index contributed by atoms with van der Waals surface area (Å²) in [4.78, 5) is 37.5. The van der Waals surface area contributed by atoms with Crippen molar-refractivity contribution in [2.45, 2.75) is 6.54 Å². The highest BCUT2D eigenvalue weighted by atomic mass is 127. The van der Waals surface area contributed by atoms with Gasteiger partial charge in [0.25, 0.3) is 5.91 Å². The fourth-order valence-electron chi connectivity index (χ4n) is 2.65. The van der Waals surface area contributed by atoms with Crippen LogP contribution in [0.2, 0.25) is 0 Å². The van der Waals surface area contributed by atoms with Crippen LogP contribution in [0.25, 0.3) is 6.08 Å². The Morgan fingerprint density at radius 2 is 1.97 bits per heavy atom. The number of carbonyl (C=O) groups excluding carboxylic acids is 3. The van der Waals surface area contributed by atoms with Crippen LogP contribution in [0.1, 0.15) is 21.9 Å². The molecule has 2 heterocycles. The number of imide groups is 1. The smallest absolute Gasteiger partial charge is 0.373 e. The summed E-state index contributed by atoms with van der Waals surface area (Å²) in [5, 5.41) is 2.57. The second-order valence-corrected chi connectivity index (χ2v) is 8.37. The van der Waals surface area contributed by atoms with E-state index >= 15 is 0 Å². The number of benzene rings is 1. The van der Waals surface area contributed by atoms with Crippen LogP contribution < -0.4 is 10.1 Å². The third-order valence-corrected chi connectivity index (χ3v) is 5.60. The van der Waals surface area contributed by atoms with Gasteiger partial charge in [-0.15, -0.1) is 0 Å². The fourth-order valence-corrected chi connectivity index (χ4v) is 4.78. The molecule has 30 heavy (non-hydrogen) atoms. The van der Waals surface area contributed by atoms with Gasteiger partial charge in [0.05, 0.1) is 20.8 Å². The van der Waals surface area contributed by atoms with Crippen LogP contribution in [0, 0.1) is 7.14 Å². The minimum absolute atomic E-state index is 0.00164. The maximum atomic E-state index is 12.7. The molecular weight excluding hydrogens is 618 g/mol. The van der Waals surface area contributed by atoms with E-state index in [0.717, 1.165) is 23.4 Å². The SMILES string of the molecule is C=CCOc1c(I)cc(/C=C2\NC(=O)N(Cc3ccc(C(=O)OC)o3)C2=O)cc1I. The van der Waals surface area contributed by atoms with E-state index < -0.39 is 17.9 Å². The number of ether oxygens (including phenoxy) is 2. The predicted molar refractivity (Wildman–Crippen MR) is 125 cm³/mol. The molecule has 0 bridgehead atoms. The fraction of sp³-hybridized carbons (Fsp3) is 0.150. The molecule has 1 saturated heterocycles. The van der Waals surface area contributed by atoms with Crippen LogP contribution >= 0.6 is 45.2 Å². The quantitative estimate of drug-likeness (QED) is 0.163. The third-order valence-electron chi connectivity index (χ3n) is 4.00. The number of amides is 3. The number of furan rings is 1. The Bertz CT molecular complexity index is 1040. The van der Waals surface area contributed by atoms with E-state index in [4.69, 9.17) is 9.15 Å². The zero-order valence-corrected chi connectivity index (χ0v) is 20.1. The Morgan fingerprint density at radius 3 is 2.60 bits per heavy atom. The molecule has 0 aliphatic carbocycles. The van der Waals surface area contributed by atoms with Crippen molar-refractivity contribution in [3.8, 4) is 5.75 Å².